The zero-order valence-corrected chi connectivity index (χ0v) is 9.65. The Labute approximate surface area is 103 Å². The van der Waals surface area contributed by atoms with Crippen molar-refractivity contribution in [2.75, 3.05) is 11.9 Å². The van der Waals surface area contributed by atoms with Crippen molar-refractivity contribution in [2.24, 2.45) is 5.92 Å². The van der Waals surface area contributed by atoms with Gasteiger partial charge in [-0.05, 0) is 25.2 Å². The number of halogens is 4. The van der Waals surface area contributed by atoms with Crippen LogP contribution in [0.5, 0.6) is 0 Å². The molecule has 1 unspecified atom stereocenters. The average Bonchev–Trinajstić information content (AvgIpc) is 2.38. The van der Waals surface area contributed by atoms with E-state index in [2.05, 4.69) is 5.32 Å². The molecule has 0 radical (unpaired) electrons. The lowest BCUT2D eigenvalue weighted by Crippen LogP contribution is -2.17. The molecule has 2 rings (SSSR count). The van der Waals surface area contributed by atoms with Crippen LogP contribution in [-0.4, -0.2) is 6.54 Å². The quantitative estimate of drug-likeness (QED) is 0.491. The Balaban J connectivity index is 2.11. The molecule has 0 fully saturated rings. The maximum absolute atomic E-state index is 13.3. The number of benzene rings is 1. The van der Waals surface area contributed by atoms with E-state index in [-0.39, 0.29) is 12.0 Å². The Kier molecular flexibility index (Phi) is 3.89. The van der Waals surface area contributed by atoms with Gasteiger partial charge < -0.3 is 5.32 Å². The van der Waals surface area contributed by atoms with Gasteiger partial charge in [0.2, 0.25) is 0 Å². The van der Waals surface area contributed by atoms with Crippen molar-refractivity contribution in [1.29, 1.82) is 0 Å². The number of rotatable bonds is 3. The molecule has 0 heterocycles. The first-order chi connectivity index (χ1) is 8.59. The monoisotopic (exact) mass is 259 g/mol. The Morgan fingerprint density at radius 3 is 2.28 bits per heavy atom. The molecule has 1 aliphatic carbocycles. The van der Waals surface area contributed by atoms with Crippen LogP contribution >= 0.6 is 0 Å². The Bertz CT molecular complexity index is 444. The lowest BCUT2D eigenvalue weighted by molar-refractivity contribution is 0.453. The smallest absolute Gasteiger partial charge is 0.185 e. The van der Waals surface area contributed by atoms with E-state index in [1.165, 1.54) is 0 Å². The molecule has 0 bridgehead atoms. The summed E-state index contributed by atoms with van der Waals surface area (Å²) in [6, 6.07) is 0.208. The van der Waals surface area contributed by atoms with Crippen molar-refractivity contribution in [3.8, 4) is 0 Å². The Hall–Kier alpha value is -1.52. The highest BCUT2D eigenvalue weighted by atomic mass is 19.2. The highest BCUT2D eigenvalue weighted by Crippen LogP contribution is 2.25. The van der Waals surface area contributed by atoms with Crippen molar-refractivity contribution in [3.05, 3.63) is 41.5 Å². The fourth-order valence-corrected chi connectivity index (χ4v) is 2.02. The average molecular weight is 259 g/mol. The van der Waals surface area contributed by atoms with E-state index in [9.17, 15) is 17.6 Å². The van der Waals surface area contributed by atoms with Gasteiger partial charge in [-0.25, -0.2) is 17.6 Å². The van der Waals surface area contributed by atoms with Crippen LogP contribution in [-0.2, 0) is 0 Å². The Morgan fingerprint density at radius 2 is 1.72 bits per heavy atom. The fourth-order valence-electron chi connectivity index (χ4n) is 2.02. The molecule has 1 aliphatic rings. The van der Waals surface area contributed by atoms with E-state index >= 15 is 0 Å². The molecule has 0 aromatic heterocycles. The second kappa shape index (κ2) is 5.42. The molecule has 5 heteroatoms. The minimum absolute atomic E-state index is 0.208. The predicted molar refractivity (Wildman–Crippen MR) is 61.2 cm³/mol. The van der Waals surface area contributed by atoms with E-state index in [1.807, 2.05) is 12.2 Å². The highest BCUT2D eigenvalue weighted by molar-refractivity contribution is 5.47. The van der Waals surface area contributed by atoms with E-state index < -0.39 is 29.0 Å². The molecule has 0 saturated carbocycles. The maximum atomic E-state index is 13.3. The second-order valence-electron chi connectivity index (χ2n) is 4.37. The summed E-state index contributed by atoms with van der Waals surface area (Å²) in [6.07, 6.45) is 6.64. The SMILES string of the molecule is Fc1cc(F)c(F)c(NCC2CC=CCC2)c1F. The van der Waals surface area contributed by atoms with E-state index in [4.69, 9.17) is 0 Å². The van der Waals surface area contributed by atoms with Gasteiger partial charge in [-0.2, -0.15) is 0 Å². The van der Waals surface area contributed by atoms with Gasteiger partial charge in [0.15, 0.2) is 23.3 Å². The summed E-state index contributed by atoms with van der Waals surface area (Å²) in [5, 5.41) is 2.47. The normalized spacial score (nSPS) is 19.0. The summed E-state index contributed by atoms with van der Waals surface area (Å²) in [4.78, 5) is 0. The standard InChI is InChI=1S/C13H13F4N/c14-9-6-10(15)12(17)13(11(9)16)18-7-8-4-2-1-3-5-8/h1-2,6,8,18H,3-5,7H2. The molecule has 18 heavy (non-hydrogen) atoms. The van der Waals surface area contributed by atoms with Crippen LogP contribution in [0.3, 0.4) is 0 Å². The van der Waals surface area contributed by atoms with Crippen molar-refractivity contribution >= 4 is 5.69 Å². The Morgan fingerprint density at radius 1 is 1.06 bits per heavy atom. The van der Waals surface area contributed by atoms with Gasteiger partial charge in [-0.1, -0.05) is 12.2 Å². The molecule has 0 saturated heterocycles. The number of anilines is 1. The van der Waals surface area contributed by atoms with Gasteiger partial charge in [0.1, 0.15) is 5.69 Å². The van der Waals surface area contributed by atoms with E-state index in [0.29, 0.717) is 6.54 Å². The number of hydrogen-bond acceptors (Lipinski definition) is 1. The topological polar surface area (TPSA) is 12.0 Å². The lowest BCUT2D eigenvalue weighted by atomic mass is 9.94. The molecule has 1 atom stereocenters. The van der Waals surface area contributed by atoms with Crippen LogP contribution in [0.25, 0.3) is 0 Å². The minimum atomic E-state index is -1.39. The van der Waals surface area contributed by atoms with Gasteiger partial charge in [-0.3, -0.25) is 0 Å². The van der Waals surface area contributed by atoms with Gasteiger partial charge >= 0.3 is 0 Å². The van der Waals surface area contributed by atoms with Crippen LogP contribution in [0.2, 0.25) is 0 Å². The lowest BCUT2D eigenvalue weighted by Gasteiger charge is -2.19. The maximum Gasteiger partial charge on any atom is 0.185 e. The third-order valence-electron chi connectivity index (χ3n) is 3.06. The summed E-state index contributed by atoms with van der Waals surface area (Å²) in [7, 11) is 0. The summed E-state index contributed by atoms with van der Waals surface area (Å²) in [6.45, 7) is 0.293. The third kappa shape index (κ3) is 2.66. The van der Waals surface area contributed by atoms with Crippen molar-refractivity contribution in [3.63, 3.8) is 0 Å². The summed E-state index contributed by atoms with van der Waals surface area (Å²) < 4.78 is 52.6. The third-order valence-corrected chi connectivity index (χ3v) is 3.06. The van der Waals surface area contributed by atoms with Gasteiger partial charge in [0.05, 0.1) is 0 Å². The summed E-state index contributed by atoms with van der Waals surface area (Å²) >= 11 is 0. The van der Waals surface area contributed by atoms with Gasteiger partial charge in [-0.15, -0.1) is 0 Å². The summed E-state index contributed by atoms with van der Waals surface area (Å²) in [5.41, 5.74) is -0.720. The van der Waals surface area contributed by atoms with E-state index in [1.54, 1.807) is 0 Å². The van der Waals surface area contributed by atoms with Crippen LogP contribution < -0.4 is 5.32 Å². The second-order valence-corrected chi connectivity index (χ2v) is 4.37. The molecule has 0 amide bonds. The minimum Gasteiger partial charge on any atom is -0.380 e. The molecule has 1 aromatic carbocycles. The van der Waals surface area contributed by atoms with Crippen LogP contribution in [0.15, 0.2) is 18.2 Å². The molecular weight excluding hydrogens is 246 g/mol. The molecule has 1 aromatic rings. The van der Waals surface area contributed by atoms with Crippen molar-refractivity contribution in [2.45, 2.75) is 19.3 Å². The van der Waals surface area contributed by atoms with Crippen LogP contribution in [0.1, 0.15) is 19.3 Å². The van der Waals surface area contributed by atoms with Gasteiger partial charge in [0.25, 0.3) is 0 Å². The zero-order valence-electron chi connectivity index (χ0n) is 9.65. The molecule has 0 spiro atoms. The molecule has 1 N–H and O–H groups in total. The number of allylic oxidation sites excluding steroid dienone is 2. The van der Waals surface area contributed by atoms with Crippen molar-refractivity contribution < 1.29 is 17.6 Å². The fraction of sp³-hybridized carbons (Fsp3) is 0.385. The van der Waals surface area contributed by atoms with Crippen molar-refractivity contribution in [1.82, 2.24) is 0 Å². The molecule has 1 nitrogen and oxygen atoms in total. The molecule has 0 aliphatic heterocycles. The first kappa shape index (κ1) is 12.9. The van der Waals surface area contributed by atoms with E-state index in [0.717, 1.165) is 19.3 Å². The van der Waals surface area contributed by atoms with Gasteiger partial charge in [0, 0.05) is 12.6 Å². The zero-order chi connectivity index (χ0) is 13.1. The highest BCUT2D eigenvalue weighted by Gasteiger charge is 2.20. The first-order valence-electron chi connectivity index (χ1n) is 5.81. The largest absolute Gasteiger partial charge is 0.380 e. The first-order valence-corrected chi connectivity index (χ1v) is 5.81. The van der Waals surface area contributed by atoms with Crippen LogP contribution in [0, 0.1) is 29.2 Å². The number of nitrogens with one attached hydrogen (secondary N) is 1. The summed E-state index contributed by atoms with van der Waals surface area (Å²) in [5.74, 6) is -5.31. The number of hydrogen-bond donors (Lipinski definition) is 1. The predicted octanol–water partition coefficient (Wildman–Crippen LogP) is 4.01. The molecular formula is C13H13F4N. The molecule has 98 valence electrons. The van der Waals surface area contributed by atoms with Crippen LogP contribution in [0.4, 0.5) is 23.2 Å².